The number of benzene rings is 1. The van der Waals surface area contributed by atoms with Crippen LogP contribution in [0, 0.1) is 11.8 Å². The number of hydrogen-bond acceptors (Lipinski definition) is 7. The number of rotatable bonds is 8. The largest absolute Gasteiger partial charge is 0.439 e. The molecule has 10 heteroatoms. The molecule has 1 aliphatic rings. The second-order valence-corrected chi connectivity index (χ2v) is 11.2. The maximum atomic E-state index is 11.8. The molecule has 1 aliphatic carbocycles. The van der Waals surface area contributed by atoms with Crippen molar-refractivity contribution in [2.75, 3.05) is 13.7 Å². The summed E-state index contributed by atoms with van der Waals surface area (Å²) in [5, 5.41) is 4.36. The number of nitrogens with zero attached hydrogens (tertiary/aromatic N) is 5. The molecule has 0 saturated heterocycles. The lowest BCUT2D eigenvalue weighted by Crippen LogP contribution is -2.20. The molecular weight excluding hydrogens is 540 g/mol. The van der Waals surface area contributed by atoms with E-state index in [1.54, 1.807) is 19.5 Å². The Bertz CT molecular complexity index is 1750. The highest BCUT2D eigenvalue weighted by atomic mass is 35.5. The van der Waals surface area contributed by atoms with E-state index < -0.39 is 5.76 Å². The maximum Gasteiger partial charge on any atom is 0.439 e. The Kier molecular flexibility index (Phi) is 7.55. The third-order valence-electron chi connectivity index (χ3n) is 7.94. The number of pyridine rings is 2. The first-order valence-electron chi connectivity index (χ1n) is 13.8. The zero-order chi connectivity index (χ0) is 28.5. The third kappa shape index (κ3) is 5.35. The molecule has 1 N–H and O–H groups in total. The Morgan fingerprint density at radius 2 is 1.95 bits per heavy atom. The molecular formula is C31H31ClN6O3. The van der Waals surface area contributed by atoms with E-state index in [-0.39, 0.29) is 11.7 Å². The Labute approximate surface area is 242 Å². The summed E-state index contributed by atoms with van der Waals surface area (Å²) in [6, 6.07) is 13.8. The number of imidazole rings is 1. The molecule has 1 fully saturated rings. The van der Waals surface area contributed by atoms with Crippen LogP contribution >= 0.6 is 11.6 Å². The number of H-pyrrole nitrogens is 1. The van der Waals surface area contributed by atoms with Gasteiger partial charge < -0.3 is 4.74 Å². The number of aromatic amines is 1. The van der Waals surface area contributed by atoms with E-state index in [0.29, 0.717) is 45.9 Å². The van der Waals surface area contributed by atoms with Crippen molar-refractivity contribution >= 4 is 28.3 Å². The van der Waals surface area contributed by atoms with Gasteiger partial charge in [-0.15, -0.1) is 0 Å². The van der Waals surface area contributed by atoms with Crippen LogP contribution in [0.1, 0.15) is 49.9 Å². The molecule has 1 unspecified atom stereocenters. The fraction of sp³-hybridized carbons (Fsp3) is 0.323. The summed E-state index contributed by atoms with van der Waals surface area (Å²) in [5.74, 6) is 1.17. The minimum atomic E-state index is -0.664. The second kappa shape index (κ2) is 11.4. The van der Waals surface area contributed by atoms with Gasteiger partial charge in [0.15, 0.2) is 0 Å². The zero-order valence-electron chi connectivity index (χ0n) is 23.0. The number of nitrogens with one attached hydrogen (secondary N) is 1. The van der Waals surface area contributed by atoms with Gasteiger partial charge in [0.1, 0.15) is 11.5 Å². The lowest BCUT2D eigenvalue weighted by atomic mass is 9.81. The molecule has 210 valence electrons. The van der Waals surface area contributed by atoms with Crippen LogP contribution in [0.4, 0.5) is 0 Å². The second-order valence-electron chi connectivity index (χ2n) is 10.7. The van der Waals surface area contributed by atoms with E-state index in [9.17, 15) is 4.79 Å². The number of aromatic nitrogens is 6. The number of halogens is 1. The first-order chi connectivity index (χ1) is 19.9. The molecule has 1 saturated carbocycles. The predicted octanol–water partition coefficient (Wildman–Crippen LogP) is 6.57. The average molecular weight is 571 g/mol. The molecule has 0 bridgehead atoms. The minimum Gasteiger partial charge on any atom is -0.384 e. The normalized spacial score (nSPS) is 18.0. The van der Waals surface area contributed by atoms with Gasteiger partial charge in [-0.2, -0.15) is 0 Å². The van der Waals surface area contributed by atoms with E-state index in [1.165, 1.54) is 0 Å². The van der Waals surface area contributed by atoms with Gasteiger partial charge in [-0.3, -0.25) is 19.1 Å². The summed E-state index contributed by atoms with van der Waals surface area (Å²) in [5.41, 5.74) is 5.24. The summed E-state index contributed by atoms with van der Waals surface area (Å²) >= 11 is 6.40. The predicted molar refractivity (Wildman–Crippen MR) is 158 cm³/mol. The standard InChI is InChI=1S/C31H31ClN6O3/c1-18-9-11-20(12-10-18)19(2)38-28-25(35-30(38)24(17-40-3)21-7-5-4-6-8-21)14-26(29-36-31(39)41-37-29)34-27(28)22-13-23(32)16-33-15-22/h4-8,13-16,18,20,24H,2,9-12,17H2,1,3H3,(H,36,37,39). The van der Waals surface area contributed by atoms with Gasteiger partial charge in [-0.1, -0.05) is 73.4 Å². The van der Waals surface area contributed by atoms with Gasteiger partial charge in [0.2, 0.25) is 5.82 Å². The van der Waals surface area contributed by atoms with Crippen LogP contribution in [-0.2, 0) is 4.74 Å². The van der Waals surface area contributed by atoms with Crippen molar-refractivity contribution in [2.24, 2.45) is 11.8 Å². The van der Waals surface area contributed by atoms with Gasteiger partial charge in [0, 0.05) is 30.8 Å². The number of hydrogen-bond donors (Lipinski definition) is 1. The fourth-order valence-corrected chi connectivity index (χ4v) is 5.97. The van der Waals surface area contributed by atoms with Crippen LogP contribution in [0.15, 0.2) is 70.8 Å². The highest BCUT2D eigenvalue weighted by Gasteiger charge is 2.30. The topological polar surface area (TPSA) is 112 Å². The zero-order valence-corrected chi connectivity index (χ0v) is 23.8. The summed E-state index contributed by atoms with van der Waals surface area (Å²) in [6.45, 7) is 7.40. The van der Waals surface area contributed by atoms with Crippen LogP contribution in [0.25, 0.3) is 39.5 Å². The van der Waals surface area contributed by atoms with E-state index >= 15 is 0 Å². The van der Waals surface area contributed by atoms with Gasteiger partial charge in [0.05, 0.1) is 34.3 Å². The Morgan fingerprint density at radius 1 is 1.17 bits per heavy atom. The van der Waals surface area contributed by atoms with Crippen molar-refractivity contribution in [1.29, 1.82) is 0 Å². The highest BCUT2D eigenvalue weighted by molar-refractivity contribution is 6.30. The highest BCUT2D eigenvalue weighted by Crippen LogP contribution is 2.41. The van der Waals surface area contributed by atoms with Crippen LogP contribution in [0.2, 0.25) is 5.02 Å². The molecule has 9 nitrogen and oxygen atoms in total. The van der Waals surface area contributed by atoms with Crippen molar-refractivity contribution in [3.8, 4) is 22.8 Å². The molecule has 0 aliphatic heterocycles. The molecule has 5 aromatic rings. The Hall–Kier alpha value is -4.08. The van der Waals surface area contributed by atoms with Crippen molar-refractivity contribution in [2.45, 2.75) is 38.5 Å². The molecule has 1 aromatic carbocycles. The van der Waals surface area contributed by atoms with Crippen LogP contribution in [0.5, 0.6) is 0 Å². The molecule has 1 atom stereocenters. The van der Waals surface area contributed by atoms with Crippen LogP contribution < -0.4 is 5.76 Å². The molecule has 41 heavy (non-hydrogen) atoms. The summed E-state index contributed by atoms with van der Waals surface area (Å²) in [6.07, 6.45) is 7.71. The number of methoxy groups -OCH3 is 1. The van der Waals surface area contributed by atoms with Crippen molar-refractivity contribution in [3.63, 3.8) is 0 Å². The van der Waals surface area contributed by atoms with Crippen molar-refractivity contribution in [3.05, 3.63) is 88.4 Å². The first-order valence-corrected chi connectivity index (χ1v) is 14.1. The summed E-state index contributed by atoms with van der Waals surface area (Å²) in [4.78, 5) is 28.9. The molecule has 6 rings (SSSR count). The smallest absolute Gasteiger partial charge is 0.384 e. The quantitative estimate of drug-likeness (QED) is 0.225. The third-order valence-corrected chi connectivity index (χ3v) is 8.15. The molecule has 4 heterocycles. The van der Waals surface area contributed by atoms with E-state index in [0.717, 1.165) is 48.3 Å². The fourth-order valence-electron chi connectivity index (χ4n) is 5.79. The van der Waals surface area contributed by atoms with E-state index in [4.69, 9.17) is 30.8 Å². The lowest BCUT2D eigenvalue weighted by molar-refractivity contribution is 0.186. The van der Waals surface area contributed by atoms with Crippen molar-refractivity contribution < 1.29 is 9.26 Å². The van der Waals surface area contributed by atoms with Gasteiger partial charge in [-0.25, -0.2) is 14.8 Å². The lowest BCUT2D eigenvalue weighted by Gasteiger charge is -2.30. The molecule has 0 radical (unpaired) electrons. The molecule has 0 amide bonds. The average Bonchev–Trinajstić information content (AvgIpc) is 3.59. The van der Waals surface area contributed by atoms with E-state index in [2.05, 4.69) is 45.3 Å². The summed E-state index contributed by atoms with van der Waals surface area (Å²) < 4.78 is 12.7. The SMILES string of the molecule is C=C(C1CCC(C)CC1)n1c(C(COC)c2ccccc2)nc2cc(-c3noc(=O)[nH]3)nc(-c3cncc(Cl)c3)c21. The van der Waals surface area contributed by atoms with Crippen molar-refractivity contribution in [1.82, 2.24) is 29.7 Å². The minimum absolute atomic E-state index is 0.173. The maximum absolute atomic E-state index is 11.8. The van der Waals surface area contributed by atoms with E-state index in [1.807, 2.05) is 30.3 Å². The number of fused-ring (bicyclic) bond motifs is 1. The monoisotopic (exact) mass is 570 g/mol. The molecule has 4 aromatic heterocycles. The number of ether oxygens (including phenoxy) is 1. The van der Waals surface area contributed by atoms with Crippen LogP contribution in [0.3, 0.4) is 0 Å². The summed E-state index contributed by atoms with van der Waals surface area (Å²) in [7, 11) is 1.70. The van der Waals surface area contributed by atoms with Gasteiger partial charge >= 0.3 is 5.76 Å². The van der Waals surface area contributed by atoms with Gasteiger partial charge in [0.25, 0.3) is 0 Å². The van der Waals surface area contributed by atoms with Crippen LogP contribution in [-0.4, -0.2) is 43.4 Å². The number of allylic oxidation sites excluding steroid dienone is 1. The Morgan fingerprint density at radius 3 is 2.63 bits per heavy atom. The van der Waals surface area contributed by atoms with Gasteiger partial charge in [-0.05, 0) is 42.4 Å². The molecule has 0 spiro atoms. The first kappa shape index (κ1) is 27.1. The Balaban J connectivity index is 1.65.